The molecule has 6 aromatic rings. The van der Waals surface area contributed by atoms with Gasteiger partial charge in [-0.25, -0.2) is 0 Å². The number of benzene rings is 5. The van der Waals surface area contributed by atoms with Crippen LogP contribution in [-0.4, -0.2) is 11.3 Å². The van der Waals surface area contributed by atoms with Crippen molar-refractivity contribution in [2.45, 2.75) is 34.1 Å². The van der Waals surface area contributed by atoms with E-state index in [1.807, 2.05) is 24.3 Å². The van der Waals surface area contributed by atoms with E-state index in [0.29, 0.717) is 0 Å². The lowest BCUT2D eigenvalue weighted by molar-refractivity contribution is 1.04. The first-order valence-corrected chi connectivity index (χ1v) is 19.3. The molecule has 2 aliphatic rings. The summed E-state index contributed by atoms with van der Waals surface area (Å²) in [5, 5.41) is 0. The van der Waals surface area contributed by atoms with Gasteiger partial charge in [-0.3, -0.25) is 0 Å². The number of fused-ring (bicyclic) bond motifs is 4. The van der Waals surface area contributed by atoms with Gasteiger partial charge in [-0.2, -0.15) is 0 Å². The van der Waals surface area contributed by atoms with Crippen LogP contribution < -0.4 is 26.2 Å². The quantitative estimate of drug-likeness (QED) is 0.103. The molecule has 0 unspecified atom stereocenters. The first-order valence-electron chi connectivity index (χ1n) is 19.3. The maximum atomic E-state index is 3.93. The molecule has 4 heteroatoms. The monoisotopic (exact) mass is 711 g/mol. The van der Waals surface area contributed by atoms with E-state index in [0.717, 1.165) is 46.0 Å². The largest absolute Gasteiger partial charge is 0.312 e. The Morgan fingerprint density at radius 3 is 1.84 bits per heavy atom. The molecule has 0 amide bonds. The number of hydrogen-bond donors (Lipinski definition) is 0. The van der Waals surface area contributed by atoms with Crippen molar-refractivity contribution in [3.63, 3.8) is 0 Å². The van der Waals surface area contributed by atoms with Gasteiger partial charge in [0.15, 0.2) is 0 Å². The summed E-state index contributed by atoms with van der Waals surface area (Å²) >= 11 is 0. The van der Waals surface area contributed by atoms with E-state index in [4.69, 9.17) is 0 Å². The van der Waals surface area contributed by atoms with Crippen molar-refractivity contribution in [1.29, 1.82) is 0 Å². The molecule has 3 heterocycles. The van der Waals surface area contributed by atoms with Crippen LogP contribution in [0.4, 0.5) is 28.4 Å². The molecule has 0 bridgehead atoms. The lowest BCUT2D eigenvalue weighted by atomic mass is 9.33. The van der Waals surface area contributed by atoms with Crippen LogP contribution in [-0.2, 0) is 0 Å². The molecule has 0 radical (unpaired) electrons. The number of rotatable bonds is 10. The predicted molar refractivity (Wildman–Crippen MR) is 240 cm³/mol. The second-order valence-electron chi connectivity index (χ2n) is 14.1. The summed E-state index contributed by atoms with van der Waals surface area (Å²) in [4.78, 5) is 4.95. The highest BCUT2D eigenvalue weighted by molar-refractivity contribution is 7.00. The second-order valence-corrected chi connectivity index (χ2v) is 14.1. The maximum Gasteiger partial charge on any atom is 0.252 e. The normalized spacial score (nSPS) is 13.5. The van der Waals surface area contributed by atoms with E-state index < -0.39 is 0 Å². The van der Waals surface area contributed by atoms with E-state index in [9.17, 15) is 0 Å². The van der Waals surface area contributed by atoms with Crippen molar-refractivity contribution < 1.29 is 0 Å². The van der Waals surface area contributed by atoms with Gasteiger partial charge in [0.25, 0.3) is 6.71 Å². The summed E-state index contributed by atoms with van der Waals surface area (Å²) in [5.41, 5.74) is 19.3. The van der Waals surface area contributed by atoms with Gasteiger partial charge >= 0.3 is 0 Å². The van der Waals surface area contributed by atoms with Crippen molar-refractivity contribution in [2.24, 2.45) is 0 Å². The fourth-order valence-corrected chi connectivity index (χ4v) is 8.38. The van der Waals surface area contributed by atoms with E-state index in [-0.39, 0.29) is 6.71 Å². The number of anilines is 5. The Balaban J connectivity index is 1.38. The van der Waals surface area contributed by atoms with Crippen LogP contribution in [0.2, 0.25) is 0 Å². The molecule has 0 atom stereocenters. The lowest BCUT2D eigenvalue weighted by Crippen LogP contribution is -2.61. The zero-order valence-corrected chi connectivity index (χ0v) is 32.2. The van der Waals surface area contributed by atoms with Crippen molar-refractivity contribution in [3.05, 3.63) is 199 Å². The predicted octanol–water partition coefficient (Wildman–Crippen LogP) is 11.8. The Morgan fingerprint density at radius 2 is 1.22 bits per heavy atom. The highest BCUT2D eigenvalue weighted by Crippen LogP contribution is 2.45. The van der Waals surface area contributed by atoms with Crippen LogP contribution in [0.1, 0.15) is 42.8 Å². The third-order valence-corrected chi connectivity index (χ3v) is 11.0. The number of aromatic nitrogens is 1. The average Bonchev–Trinajstić information content (AvgIpc) is 3.47. The Bertz CT molecular complexity index is 2500. The van der Waals surface area contributed by atoms with E-state index in [2.05, 4.69) is 201 Å². The summed E-state index contributed by atoms with van der Waals surface area (Å²) < 4.78 is 2.33. The zero-order chi connectivity index (χ0) is 38.1. The van der Waals surface area contributed by atoms with Crippen LogP contribution in [0, 0.1) is 13.8 Å². The summed E-state index contributed by atoms with van der Waals surface area (Å²) in [5.74, 6) is 0. The van der Waals surface area contributed by atoms with Crippen molar-refractivity contribution in [3.8, 4) is 16.8 Å². The Kier molecular flexibility index (Phi) is 9.74. The van der Waals surface area contributed by atoms with Crippen LogP contribution >= 0.6 is 0 Å². The van der Waals surface area contributed by atoms with Crippen LogP contribution in [0.25, 0.3) is 29.0 Å². The number of nitrogens with zero attached hydrogens (tertiary/aromatic N) is 3. The SMILES string of the molecule is C=C/C=C\c1c(C)c(C)c(/C=C\C=C)n1-c1ccc(-c2cc3c4c(c2)N(c2ccccc2)c2ccccc2B4c2ccccc2N3C(/C=C\CC)=C/C)cc1. The molecule has 0 aliphatic carbocycles. The van der Waals surface area contributed by atoms with E-state index >= 15 is 0 Å². The van der Waals surface area contributed by atoms with E-state index in [1.165, 1.54) is 50.3 Å². The van der Waals surface area contributed by atoms with Gasteiger partial charge in [0.1, 0.15) is 0 Å². The molecule has 0 spiro atoms. The number of hydrogen-bond acceptors (Lipinski definition) is 2. The summed E-state index contributed by atoms with van der Waals surface area (Å²) in [6, 6.07) is 42.6. The Morgan fingerprint density at radius 1 is 0.636 bits per heavy atom. The topological polar surface area (TPSA) is 11.4 Å². The highest BCUT2D eigenvalue weighted by atomic mass is 15.2. The molecule has 5 aromatic carbocycles. The van der Waals surface area contributed by atoms with Gasteiger partial charge in [0, 0.05) is 51.2 Å². The molecule has 8 rings (SSSR count). The van der Waals surface area contributed by atoms with Gasteiger partial charge in [0.05, 0.1) is 0 Å². The number of para-hydroxylation sites is 3. The minimum Gasteiger partial charge on any atom is -0.312 e. The highest BCUT2D eigenvalue weighted by Gasteiger charge is 2.43. The molecule has 0 fully saturated rings. The van der Waals surface area contributed by atoms with Crippen LogP contribution in [0.5, 0.6) is 0 Å². The van der Waals surface area contributed by atoms with Crippen LogP contribution in [0.3, 0.4) is 0 Å². The summed E-state index contributed by atoms with van der Waals surface area (Å²) in [6.07, 6.45) is 19.7. The molecule has 0 saturated heterocycles. The van der Waals surface area contributed by atoms with Crippen LogP contribution in [0.15, 0.2) is 177 Å². The smallest absolute Gasteiger partial charge is 0.252 e. The molecular weight excluding hydrogens is 665 g/mol. The van der Waals surface area contributed by atoms with Gasteiger partial charge in [-0.1, -0.05) is 123 Å². The lowest BCUT2D eigenvalue weighted by Gasteiger charge is -2.44. The molecule has 268 valence electrons. The fraction of sp³-hybridized carbons (Fsp3) is 0.0980. The molecular formula is C51H46BN3. The molecule has 0 N–H and O–H groups in total. The minimum atomic E-state index is 0.0857. The standard InChI is InChI=1S/C51H46BN3/c1-7-11-21-40(10-4)53-47-28-19-17-24-43(47)52-44-25-18-20-29-48(44)55(41-22-15-14-16-23-41)50-35-39(34-49(53)51(50)52)38-30-32-42(33-31-38)54-45(26-12-8-2)36(5)37(6)46(54)27-13-9-3/h8-35H,2-3,7H2,1,4-6H3/b21-11-,26-12-,27-13-,40-10+. The first-order chi connectivity index (χ1) is 27.0. The van der Waals surface area contributed by atoms with Gasteiger partial charge in [-0.15, -0.1) is 0 Å². The molecule has 1 aromatic heterocycles. The van der Waals surface area contributed by atoms with Gasteiger partial charge in [0.2, 0.25) is 0 Å². The van der Waals surface area contributed by atoms with Crippen molar-refractivity contribution in [1.82, 2.24) is 4.57 Å². The molecule has 2 aliphatic heterocycles. The molecule has 3 nitrogen and oxygen atoms in total. The summed E-state index contributed by atoms with van der Waals surface area (Å²) in [6.45, 7) is 16.7. The number of allylic oxidation sites excluding steroid dienone is 7. The molecule has 55 heavy (non-hydrogen) atoms. The maximum absolute atomic E-state index is 3.93. The molecule has 0 saturated carbocycles. The van der Waals surface area contributed by atoms with Gasteiger partial charge < -0.3 is 14.4 Å². The Hall–Kier alpha value is -6.52. The Labute approximate surface area is 327 Å². The third-order valence-electron chi connectivity index (χ3n) is 11.0. The van der Waals surface area contributed by atoms with Crippen molar-refractivity contribution >= 4 is 63.7 Å². The summed E-state index contributed by atoms with van der Waals surface area (Å²) in [7, 11) is 0. The van der Waals surface area contributed by atoms with E-state index in [1.54, 1.807) is 0 Å². The zero-order valence-electron chi connectivity index (χ0n) is 32.2. The first kappa shape index (κ1) is 35.5. The third kappa shape index (κ3) is 6.04. The average molecular weight is 712 g/mol. The van der Waals surface area contributed by atoms with Gasteiger partial charge in [-0.05, 0) is 133 Å². The minimum absolute atomic E-state index is 0.0857. The fourth-order valence-electron chi connectivity index (χ4n) is 8.38. The second kappa shape index (κ2) is 15.1. The van der Waals surface area contributed by atoms with Crippen molar-refractivity contribution in [2.75, 3.05) is 9.80 Å².